The Labute approximate surface area is 91.8 Å². The van der Waals surface area contributed by atoms with Gasteiger partial charge >= 0.3 is 0 Å². The molecule has 1 aliphatic carbocycles. The van der Waals surface area contributed by atoms with Crippen LogP contribution < -0.4 is 0 Å². The van der Waals surface area contributed by atoms with Gasteiger partial charge in [-0.05, 0) is 32.1 Å². The average Bonchev–Trinajstić information content (AvgIpc) is 2.43. The summed E-state index contributed by atoms with van der Waals surface area (Å²) in [5, 5.41) is 0. The molecule has 1 amide bonds. The van der Waals surface area contributed by atoms with Gasteiger partial charge in [0.2, 0.25) is 5.91 Å². The summed E-state index contributed by atoms with van der Waals surface area (Å²) in [5.41, 5.74) is 0. The second-order valence-corrected chi connectivity index (χ2v) is 5.21. The molecule has 1 saturated heterocycles. The van der Waals surface area contributed by atoms with E-state index in [4.69, 9.17) is 4.74 Å². The summed E-state index contributed by atoms with van der Waals surface area (Å²) in [4.78, 5) is 14.2. The van der Waals surface area contributed by atoms with E-state index >= 15 is 0 Å². The van der Waals surface area contributed by atoms with Crippen molar-refractivity contribution in [3.8, 4) is 0 Å². The van der Waals surface area contributed by atoms with Crippen molar-refractivity contribution in [3.63, 3.8) is 0 Å². The second-order valence-electron chi connectivity index (χ2n) is 5.21. The first kappa shape index (κ1) is 10.9. The quantitative estimate of drug-likeness (QED) is 0.695. The van der Waals surface area contributed by atoms with Gasteiger partial charge in [-0.2, -0.15) is 0 Å². The fourth-order valence-corrected chi connectivity index (χ4v) is 2.80. The molecule has 0 spiro atoms. The molecule has 2 fully saturated rings. The van der Waals surface area contributed by atoms with Crippen molar-refractivity contribution in [3.05, 3.63) is 0 Å². The van der Waals surface area contributed by atoms with Gasteiger partial charge in [0.05, 0.1) is 6.10 Å². The van der Waals surface area contributed by atoms with Crippen LogP contribution in [0.2, 0.25) is 0 Å². The molecule has 0 radical (unpaired) electrons. The molecule has 2 rings (SSSR count). The molecule has 3 nitrogen and oxygen atoms in total. The van der Waals surface area contributed by atoms with Crippen LogP contribution in [0.1, 0.15) is 33.1 Å². The number of carbonyl (C=O) groups is 1. The zero-order valence-electron chi connectivity index (χ0n) is 9.90. The highest BCUT2D eigenvalue weighted by Crippen LogP contribution is 2.34. The summed E-state index contributed by atoms with van der Waals surface area (Å²) in [6, 6.07) is 0.439. The zero-order chi connectivity index (χ0) is 11.0. The number of rotatable bonds is 2. The lowest BCUT2D eigenvalue weighted by molar-refractivity contribution is -0.144. The Balaban J connectivity index is 1.87. The molecule has 1 heterocycles. The van der Waals surface area contributed by atoms with E-state index in [0.717, 1.165) is 25.8 Å². The Morgan fingerprint density at radius 2 is 1.93 bits per heavy atom. The highest BCUT2D eigenvalue weighted by atomic mass is 16.5. The Morgan fingerprint density at radius 3 is 2.40 bits per heavy atom. The molecule has 15 heavy (non-hydrogen) atoms. The molecule has 2 unspecified atom stereocenters. The minimum absolute atomic E-state index is 0.239. The molecule has 0 bridgehead atoms. The first-order chi connectivity index (χ1) is 7.11. The van der Waals surface area contributed by atoms with Crippen LogP contribution in [0, 0.1) is 11.8 Å². The summed E-state index contributed by atoms with van der Waals surface area (Å²) in [7, 11) is 1.73. The number of hydrogen-bond donors (Lipinski definition) is 0. The SMILES string of the molecule is COC1CC(C(=O)N2CC(C)CC2C)C1. The van der Waals surface area contributed by atoms with E-state index in [0.29, 0.717) is 24.0 Å². The van der Waals surface area contributed by atoms with Crippen LogP contribution in [-0.2, 0) is 9.53 Å². The minimum Gasteiger partial charge on any atom is -0.381 e. The lowest BCUT2D eigenvalue weighted by Gasteiger charge is -2.36. The Bertz CT molecular complexity index is 248. The van der Waals surface area contributed by atoms with E-state index < -0.39 is 0 Å². The van der Waals surface area contributed by atoms with Crippen LogP contribution >= 0.6 is 0 Å². The minimum atomic E-state index is 0.239. The molecule has 2 aliphatic rings. The molecule has 86 valence electrons. The number of hydrogen-bond acceptors (Lipinski definition) is 2. The van der Waals surface area contributed by atoms with Crippen LogP contribution in [0.25, 0.3) is 0 Å². The molecule has 2 atom stereocenters. The maximum absolute atomic E-state index is 12.1. The maximum Gasteiger partial charge on any atom is 0.226 e. The Morgan fingerprint density at radius 1 is 1.27 bits per heavy atom. The third-order valence-electron chi connectivity index (χ3n) is 3.84. The van der Waals surface area contributed by atoms with Gasteiger partial charge in [0.15, 0.2) is 0 Å². The van der Waals surface area contributed by atoms with Crippen LogP contribution in [0.4, 0.5) is 0 Å². The van der Waals surface area contributed by atoms with Crippen molar-refractivity contribution in [2.24, 2.45) is 11.8 Å². The smallest absolute Gasteiger partial charge is 0.226 e. The van der Waals surface area contributed by atoms with Crippen molar-refractivity contribution in [2.45, 2.75) is 45.3 Å². The first-order valence-corrected chi connectivity index (χ1v) is 5.95. The zero-order valence-corrected chi connectivity index (χ0v) is 9.90. The summed E-state index contributed by atoms with van der Waals surface area (Å²) in [6.45, 7) is 5.34. The highest BCUT2D eigenvalue weighted by Gasteiger charge is 2.40. The van der Waals surface area contributed by atoms with Crippen molar-refractivity contribution < 1.29 is 9.53 Å². The van der Waals surface area contributed by atoms with Crippen molar-refractivity contribution in [1.29, 1.82) is 0 Å². The van der Waals surface area contributed by atoms with E-state index in [1.165, 1.54) is 0 Å². The molecule has 0 N–H and O–H groups in total. The second kappa shape index (κ2) is 4.12. The largest absolute Gasteiger partial charge is 0.381 e. The van der Waals surface area contributed by atoms with Gasteiger partial charge in [-0.15, -0.1) is 0 Å². The fraction of sp³-hybridized carbons (Fsp3) is 0.917. The number of amides is 1. The summed E-state index contributed by atoms with van der Waals surface area (Å²) in [5.74, 6) is 1.27. The average molecular weight is 211 g/mol. The molecule has 1 saturated carbocycles. The monoisotopic (exact) mass is 211 g/mol. The Kier molecular flexibility index (Phi) is 3.01. The molecular weight excluding hydrogens is 190 g/mol. The highest BCUT2D eigenvalue weighted by molar-refractivity contribution is 5.80. The van der Waals surface area contributed by atoms with Gasteiger partial charge < -0.3 is 9.64 Å². The predicted octanol–water partition coefficient (Wildman–Crippen LogP) is 1.67. The molecular formula is C12H21NO2. The van der Waals surface area contributed by atoms with Gasteiger partial charge in [-0.25, -0.2) is 0 Å². The van der Waals surface area contributed by atoms with Gasteiger partial charge in [-0.3, -0.25) is 4.79 Å². The molecule has 1 aliphatic heterocycles. The standard InChI is InChI=1S/C12H21NO2/c1-8-4-9(2)13(7-8)12(14)10-5-11(6-10)15-3/h8-11H,4-7H2,1-3H3. The van der Waals surface area contributed by atoms with Crippen LogP contribution in [0.5, 0.6) is 0 Å². The lowest BCUT2D eigenvalue weighted by atomic mass is 9.81. The van der Waals surface area contributed by atoms with E-state index in [-0.39, 0.29) is 5.92 Å². The maximum atomic E-state index is 12.1. The summed E-state index contributed by atoms with van der Waals surface area (Å²) < 4.78 is 5.21. The fourth-order valence-electron chi connectivity index (χ4n) is 2.80. The topological polar surface area (TPSA) is 29.5 Å². The van der Waals surface area contributed by atoms with Crippen LogP contribution in [-0.4, -0.2) is 36.6 Å². The van der Waals surface area contributed by atoms with Gasteiger partial charge in [0.1, 0.15) is 0 Å². The third kappa shape index (κ3) is 2.03. The van der Waals surface area contributed by atoms with Crippen LogP contribution in [0.3, 0.4) is 0 Å². The third-order valence-corrected chi connectivity index (χ3v) is 3.84. The van der Waals surface area contributed by atoms with E-state index in [1.54, 1.807) is 7.11 Å². The number of ether oxygens (including phenoxy) is 1. The molecule has 0 aromatic rings. The van der Waals surface area contributed by atoms with E-state index in [1.807, 2.05) is 0 Å². The van der Waals surface area contributed by atoms with Gasteiger partial charge in [-0.1, -0.05) is 6.92 Å². The normalized spacial score (nSPS) is 40.3. The number of likely N-dealkylation sites (tertiary alicyclic amines) is 1. The van der Waals surface area contributed by atoms with Crippen molar-refractivity contribution >= 4 is 5.91 Å². The summed E-state index contributed by atoms with van der Waals surface area (Å²) >= 11 is 0. The molecule has 0 aromatic heterocycles. The lowest BCUT2D eigenvalue weighted by Crippen LogP contribution is -2.45. The van der Waals surface area contributed by atoms with Crippen LogP contribution in [0.15, 0.2) is 0 Å². The van der Waals surface area contributed by atoms with Gasteiger partial charge in [0.25, 0.3) is 0 Å². The summed E-state index contributed by atoms with van der Waals surface area (Å²) in [6.07, 6.45) is 3.33. The first-order valence-electron chi connectivity index (χ1n) is 5.95. The number of nitrogens with zero attached hydrogens (tertiary/aromatic N) is 1. The van der Waals surface area contributed by atoms with Crippen molar-refractivity contribution in [2.75, 3.05) is 13.7 Å². The predicted molar refractivity (Wildman–Crippen MR) is 58.5 cm³/mol. The number of carbonyl (C=O) groups excluding carboxylic acids is 1. The Hall–Kier alpha value is -0.570. The molecule has 0 aromatic carbocycles. The van der Waals surface area contributed by atoms with Gasteiger partial charge in [0, 0.05) is 25.6 Å². The van der Waals surface area contributed by atoms with E-state index in [2.05, 4.69) is 18.7 Å². The van der Waals surface area contributed by atoms with E-state index in [9.17, 15) is 4.79 Å². The molecule has 3 heteroatoms. The van der Waals surface area contributed by atoms with Crippen molar-refractivity contribution in [1.82, 2.24) is 4.90 Å². The number of methoxy groups -OCH3 is 1.